The highest BCUT2D eigenvalue weighted by molar-refractivity contribution is 5.59. The van der Waals surface area contributed by atoms with Crippen LogP contribution in [0.3, 0.4) is 0 Å². The van der Waals surface area contributed by atoms with Gasteiger partial charge in [0.15, 0.2) is 11.3 Å². The molecular formula is C18H11F3N6. The van der Waals surface area contributed by atoms with E-state index >= 15 is 0 Å². The summed E-state index contributed by atoms with van der Waals surface area (Å²) >= 11 is 0. The van der Waals surface area contributed by atoms with E-state index in [1.807, 2.05) is 0 Å². The Morgan fingerprint density at radius 2 is 1.70 bits per heavy atom. The molecule has 0 saturated heterocycles. The first-order chi connectivity index (χ1) is 12.9. The Hall–Kier alpha value is -3.77. The van der Waals surface area contributed by atoms with Crippen molar-refractivity contribution in [3.8, 4) is 23.9 Å². The lowest BCUT2D eigenvalue weighted by Crippen LogP contribution is -2.07. The lowest BCUT2D eigenvalue weighted by molar-refractivity contribution is -0.141. The van der Waals surface area contributed by atoms with Crippen LogP contribution in [0.4, 0.5) is 18.9 Å². The number of benzene rings is 1. The molecule has 9 heteroatoms. The molecule has 1 fully saturated rings. The fraction of sp³-hybridized carbons (Fsp3) is 0.222. The first-order valence-corrected chi connectivity index (χ1v) is 7.86. The molecular weight excluding hydrogens is 357 g/mol. The van der Waals surface area contributed by atoms with Crippen molar-refractivity contribution in [1.29, 1.82) is 15.8 Å². The van der Waals surface area contributed by atoms with Crippen molar-refractivity contribution in [2.45, 2.75) is 24.9 Å². The van der Waals surface area contributed by atoms with E-state index in [1.54, 1.807) is 30.3 Å². The Kier molecular flexibility index (Phi) is 4.58. The van der Waals surface area contributed by atoms with Gasteiger partial charge in [-0.15, -0.1) is 0 Å². The predicted octanol–water partition coefficient (Wildman–Crippen LogP) is 4.01. The van der Waals surface area contributed by atoms with Crippen LogP contribution in [0, 0.1) is 34.0 Å². The van der Waals surface area contributed by atoms with Gasteiger partial charge in [-0.1, -0.05) is 0 Å². The fourth-order valence-corrected chi connectivity index (χ4v) is 2.52. The third kappa shape index (κ3) is 3.75. The summed E-state index contributed by atoms with van der Waals surface area (Å²) < 4.78 is 40.3. The van der Waals surface area contributed by atoms with Gasteiger partial charge in [-0.05, 0) is 43.2 Å². The minimum Gasteiger partial charge on any atom is -0.345 e. The van der Waals surface area contributed by atoms with Crippen LogP contribution < -0.4 is 5.32 Å². The SMILES string of the molecule is N#CC(C#N)=C(C#N)Nc1ccc(-n2nc(C(F)(F)F)cc2C2CC2)cc1. The summed E-state index contributed by atoms with van der Waals surface area (Å²) in [6.07, 6.45) is -2.87. The van der Waals surface area contributed by atoms with Crippen molar-refractivity contribution in [3.63, 3.8) is 0 Å². The minimum atomic E-state index is -4.52. The Labute approximate surface area is 152 Å². The molecule has 1 aliphatic rings. The second-order valence-electron chi connectivity index (χ2n) is 5.90. The van der Waals surface area contributed by atoms with Crippen LogP contribution in [0.15, 0.2) is 41.6 Å². The van der Waals surface area contributed by atoms with Gasteiger partial charge in [0.1, 0.15) is 23.9 Å². The number of aromatic nitrogens is 2. The summed E-state index contributed by atoms with van der Waals surface area (Å²) in [6.45, 7) is 0. The second-order valence-corrected chi connectivity index (χ2v) is 5.90. The smallest absolute Gasteiger partial charge is 0.345 e. The molecule has 3 rings (SSSR count). The second kappa shape index (κ2) is 6.86. The van der Waals surface area contributed by atoms with E-state index in [-0.39, 0.29) is 17.2 Å². The van der Waals surface area contributed by atoms with Crippen molar-refractivity contribution in [3.05, 3.63) is 53.0 Å². The van der Waals surface area contributed by atoms with E-state index in [0.717, 1.165) is 18.9 Å². The van der Waals surface area contributed by atoms with Gasteiger partial charge >= 0.3 is 6.18 Å². The summed E-state index contributed by atoms with van der Waals surface area (Å²) in [5, 5.41) is 33.1. The standard InChI is InChI=1S/C18H11F3N6/c19-18(20,21)17-7-16(11-1-2-11)27(26-17)14-5-3-13(4-6-14)25-15(10-24)12(8-22)9-23/h3-7,11,25H,1-2H2. The van der Waals surface area contributed by atoms with Crippen LogP contribution in [-0.4, -0.2) is 9.78 Å². The first-order valence-electron chi connectivity index (χ1n) is 7.86. The summed E-state index contributed by atoms with van der Waals surface area (Å²) in [5.41, 5.74) is -0.133. The van der Waals surface area contributed by atoms with Gasteiger partial charge in [-0.25, -0.2) is 4.68 Å². The minimum absolute atomic E-state index is 0.0633. The van der Waals surface area contributed by atoms with E-state index in [9.17, 15) is 13.2 Å². The third-order valence-corrected chi connectivity index (χ3v) is 3.99. The monoisotopic (exact) mass is 368 g/mol. The Bertz CT molecular complexity index is 1010. The van der Waals surface area contributed by atoms with Gasteiger partial charge < -0.3 is 5.32 Å². The number of nitriles is 3. The molecule has 0 spiro atoms. The molecule has 0 bridgehead atoms. The summed E-state index contributed by atoms with van der Waals surface area (Å²) in [4.78, 5) is 0. The van der Waals surface area contributed by atoms with Crippen molar-refractivity contribution < 1.29 is 13.2 Å². The molecule has 0 aliphatic heterocycles. The largest absolute Gasteiger partial charge is 0.435 e. The summed E-state index contributed by atoms with van der Waals surface area (Å²) in [6, 6.07) is 12.2. The number of rotatable bonds is 4. The molecule has 1 aliphatic carbocycles. The highest BCUT2D eigenvalue weighted by Gasteiger charge is 2.38. The molecule has 6 nitrogen and oxygen atoms in total. The lowest BCUT2D eigenvalue weighted by atomic mass is 10.2. The molecule has 0 amide bonds. The molecule has 0 unspecified atom stereocenters. The first kappa shape index (κ1) is 18.0. The van der Waals surface area contributed by atoms with Crippen LogP contribution in [-0.2, 0) is 6.18 Å². The van der Waals surface area contributed by atoms with Gasteiger partial charge in [0.25, 0.3) is 0 Å². The van der Waals surface area contributed by atoms with Crippen molar-refractivity contribution >= 4 is 5.69 Å². The topological polar surface area (TPSA) is 101 Å². The molecule has 27 heavy (non-hydrogen) atoms. The summed E-state index contributed by atoms with van der Waals surface area (Å²) in [7, 11) is 0. The molecule has 1 saturated carbocycles. The Balaban J connectivity index is 1.92. The Morgan fingerprint density at radius 3 is 2.19 bits per heavy atom. The molecule has 1 N–H and O–H groups in total. The molecule has 134 valence electrons. The van der Waals surface area contributed by atoms with Gasteiger partial charge in [0.2, 0.25) is 0 Å². The maximum Gasteiger partial charge on any atom is 0.435 e. The number of nitrogens with one attached hydrogen (secondary N) is 1. The van der Waals surface area contributed by atoms with Crippen molar-refractivity contribution in [2.75, 3.05) is 5.32 Å². The van der Waals surface area contributed by atoms with Crippen LogP contribution >= 0.6 is 0 Å². The van der Waals surface area contributed by atoms with Crippen molar-refractivity contribution in [2.24, 2.45) is 0 Å². The normalized spacial score (nSPS) is 13.2. The number of halogens is 3. The third-order valence-electron chi connectivity index (χ3n) is 3.99. The van der Waals surface area contributed by atoms with E-state index < -0.39 is 11.9 Å². The molecule has 2 aromatic rings. The van der Waals surface area contributed by atoms with Gasteiger partial charge in [0, 0.05) is 17.3 Å². The van der Waals surface area contributed by atoms with Gasteiger partial charge in [-0.2, -0.15) is 34.1 Å². The van der Waals surface area contributed by atoms with Gasteiger partial charge in [-0.3, -0.25) is 0 Å². The van der Waals surface area contributed by atoms with Crippen LogP contribution in [0.2, 0.25) is 0 Å². The number of anilines is 1. The molecule has 1 heterocycles. The van der Waals surface area contributed by atoms with Gasteiger partial charge in [0.05, 0.1) is 5.69 Å². The Morgan fingerprint density at radius 1 is 1.07 bits per heavy atom. The lowest BCUT2D eigenvalue weighted by Gasteiger charge is -2.09. The number of alkyl halides is 3. The maximum atomic E-state index is 13.0. The number of nitrogens with zero attached hydrogens (tertiary/aromatic N) is 5. The van der Waals surface area contributed by atoms with Crippen LogP contribution in [0.1, 0.15) is 30.1 Å². The quantitative estimate of drug-likeness (QED) is 0.822. The zero-order chi connectivity index (χ0) is 19.6. The predicted molar refractivity (Wildman–Crippen MR) is 88.0 cm³/mol. The van der Waals surface area contributed by atoms with E-state index in [0.29, 0.717) is 17.1 Å². The van der Waals surface area contributed by atoms with Crippen molar-refractivity contribution in [1.82, 2.24) is 9.78 Å². The highest BCUT2D eigenvalue weighted by atomic mass is 19.4. The average molecular weight is 368 g/mol. The molecule has 1 aromatic carbocycles. The number of allylic oxidation sites excluding steroid dienone is 2. The molecule has 0 atom stereocenters. The van der Waals surface area contributed by atoms with E-state index in [1.165, 1.54) is 16.8 Å². The zero-order valence-electron chi connectivity index (χ0n) is 13.7. The number of hydrogen-bond donors (Lipinski definition) is 1. The fourth-order valence-electron chi connectivity index (χ4n) is 2.52. The molecule has 0 radical (unpaired) electrons. The van der Waals surface area contributed by atoms with E-state index in [4.69, 9.17) is 15.8 Å². The maximum absolute atomic E-state index is 13.0. The molecule has 1 aromatic heterocycles. The van der Waals surface area contributed by atoms with Crippen LogP contribution in [0.25, 0.3) is 5.69 Å². The zero-order valence-corrected chi connectivity index (χ0v) is 13.7. The summed E-state index contributed by atoms with van der Waals surface area (Å²) in [5.74, 6) is 0.0633. The number of hydrogen-bond acceptors (Lipinski definition) is 5. The van der Waals surface area contributed by atoms with Crippen LogP contribution in [0.5, 0.6) is 0 Å². The van der Waals surface area contributed by atoms with E-state index in [2.05, 4.69) is 10.4 Å². The highest BCUT2D eigenvalue weighted by Crippen LogP contribution is 2.43. The average Bonchev–Trinajstić information content (AvgIpc) is 3.39.